The molecule has 1 amide bonds. The van der Waals surface area contributed by atoms with Crippen LogP contribution in [0.3, 0.4) is 0 Å². The zero-order valence-corrected chi connectivity index (χ0v) is 17.7. The molecule has 2 aromatic carbocycles. The Balaban J connectivity index is 1.69. The summed E-state index contributed by atoms with van der Waals surface area (Å²) >= 11 is 1.70. The second-order valence-corrected chi connectivity index (χ2v) is 8.95. The zero-order chi connectivity index (χ0) is 22.1. The summed E-state index contributed by atoms with van der Waals surface area (Å²) in [7, 11) is 0. The van der Waals surface area contributed by atoms with E-state index in [0.717, 1.165) is 10.4 Å². The Morgan fingerprint density at radius 3 is 2.55 bits per heavy atom. The monoisotopic (exact) mass is 443 g/mol. The number of aliphatic hydroxyl groups excluding tert-OH is 4. The van der Waals surface area contributed by atoms with Gasteiger partial charge in [0.25, 0.3) is 0 Å². The molecule has 1 fully saturated rings. The van der Waals surface area contributed by atoms with Crippen molar-refractivity contribution in [2.45, 2.75) is 43.9 Å². The van der Waals surface area contributed by atoms with Crippen LogP contribution in [-0.4, -0.2) is 57.4 Å². The normalized spacial score (nSPS) is 26.2. The first kappa shape index (κ1) is 21.9. The van der Waals surface area contributed by atoms with Gasteiger partial charge < -0.3 is 30.5 Å². The first-order valence-electron chi connectivity index (χ1n) is 10.1. The molecule has 31 heavy (non-hydrogen) atoms. The summed E-state index contributed by atoms with van der Waals surface area (Å²) in [5.41, 5.74) is 1.86. The lowest BCUT2D eigenvalue weighted by Crippen LogP contribution is -2.55. The van der Waals surface area contributed by atoms with Crippen molar-refractivity contribution in [3.63, 3.8) is 0 Å². The van der Waals surface area contributed by atoms with E-state index in [2.05, 4.69) is 23.5 Å². The van der Waals surface area contributed by atoms with Crippen LogP contribution >= 0.6 is 11.3 Å². The third kappa shape index (κ3) is 4.50. The molecule has 2 heterocycles. The van der Waals surface area contributed by atoms with Crippen molar-refractivity contribution in [3.05, 3.63) is 64.5 Å². The summed E-state index contributed by atoms with van der Waals surface area (Å²) in [4.78, 5) is 12.9. The maximum atomic E-state index is 11.7. The topological polar surface area (TPSA) is 119 Å². The molecule has 3 unspecified atom stereocenters. The molecule has 1 aliphatic rings. The number of hydrogen-bond acceptors (Lipinski definition) is 7. The summed E-state index contributed by atoms with van der Waals surface area (Å²) in [6.45, 7) is 0.862. The number of anilines is 1. The minimum absolute atomic E-state index is 0.289. The Labute approximate surface area is 183 Å². The van der Waals surface area contributed by atoms with E-state index in [1.54, 1.807) is 17.4 Å². The largest absolute Gasteiger partial charge is 0.394 e. The highest BCUT2D eigenvalue weighted by atomic mass is 32.1. The molecule has 164 valence electrons. The maximum Gasteiger partial charge on any atom is 0.221 e. The quantitative estimate of drug-likeness (QED) is 0.411. The molecule has 0 bridgehead atoms. The summed E-state index contributed by atoms with van der Waals surface area (Å²) in [5.74, 6) is -0.289. The van der Waals surface area contributed by atoms with E-state index >= 15 is 0 Å². The van der Waals surface area contributed by atoms with E-state index in [-0.39, 0.29) is 5.91 Å². The summed E-state index contributed by atoms with van der Waals surface area (Å²) in [5, 5.41) is 44.3. The van der Waals surface area contributed by atoms with Crippen LogP contribution in [0, 0.1) is 0 Å². The Hall–Kier alpha value is -2.33. The third-order valence-corrected chi connectivity index (χ3v) is 6.60. The number of rotatable bonds is 5. The molecule has 1 saturated heterocycles. The molecule has 0 spiro atoms. The van der Waals surface area contributed by atoms with Crippen molar-refractivity contribution in [3.8, 4) is 0 Å². The molecule has 8 heteroatoms. The van der Waals surface area contributed by atoms with Crippen LogP contribution in [0.2, 0.25) is 0 Å². The molecule has 0 aliphatic carbocycles. The average molecular weight is 444 g/mol. The first-order chi connectivity index (χ1) is 14.9. The lowest BCUT2D eigenvalue weighted by atomic mass is 9.89. The van der Waals surface area contributed by atoms with Crippen molar-refractivity contribution >= 4 is 33.0 Å². The number of hydrogen-bond donors (Lipinski definition) is 5. The second kappa shape index (κ2) is 9.04. The van der Waals surface area contributed by atoms with E-state index in [4.69, 9.17) is 4.74 Å². The fourth-order valence-electron chi connectivity index (χ4n) is 3.94. The van der Waals surface area contributed by atoms with Crippen LogP contribution < -0.4 is 5.32 Å². The smallest absolute Gasteiger partial charge is 0.221 e. The summed E-state index contributed by atoms with van der Waals surface area (Å²) < 4.78 is 6.93. The van der Waals surface area contributed by atoms with Gasteiger partial charge in [-0.1, -0.05) is 30.3 Å². The predicted molar refractivity (Wildman–Crippen MR) is 118 cm³/mol. The van der Waals surface area contributed by atoms with Gasteiger partial charge >= 0.3 is 0 Å². The van der Waals surface area contributed by atoms with Gasteiger partial charge in [-0.3, -0.25) is 4.79 Å². The molecule has 4 rings (SSSR count). The minimum atomic E-state index is -1.49. The van der Waals surface area contributed by atoms with Crippen molar-refractivity contribution in [1.82, 2.24) is 0 Å². The number of amides is 1. The lowest BCUT2D eigenvalue weighted by Gasteiger charge is -2.40. The number of carbonyl (C=O) groups excluding carboxylic acids is 1. The van der Waals surface area contributed by atoms with Crippen LogP contribution in [0.4, 0.5) is 5.69 Å². The molecular formula is C23H25NO6S. The highest BCUT2D eigenvalue weighted by Crippen LogP contribution is 2.37. The van der Waals surface area contributed by atoms with Gasteiger partial charge in [0.2, 0.25) is 5.91 Å². The number of nitrogens with one attached hydrogen (secondary N) is 1. The number of thiophene rings is 1. The van der Waals surface area contributed by atoms with E-state index in [9.17, 15) is 25.2 Å². The first-order valence-corrected chi connectivity index (χ1v) is 10.9. The highest BCUT2D eigenvalue weighted by molar-refractivity contribution is 7.19. The SMILES string of the molecule is CC(=O)Nc1ccc(Cc2cc3ccccc3s2)cc1C1OC(CO)[C@@H](O)C(O)[C@H]1O. The lowest BCUT2D eigenvalue weighted by molar-refractivity contribution is -0.231. The van der Waals surface area contributed by atoms with E-state index in [1.165, 1.54) is 17.0 Å². The zero-order valence-electron chi connectivity index (χ0n) is 16.9. The van der Waals surface area contributed by atoms with Crippen LogP contribution in [0.1, 0.15) is 29.0 Å². The second-order valence-electron chi connectivity index (χ2n) is 7.78. The van der Waals surface area contributed by atoms with Crippen LogP contribution in [0.5, 0.6) is 0 Å². The van der Waals surface area contributed by atoms with Gasteiger partial charge in [-0.2, -0.15) is 0 Å². The van der Waals surface area contributed by atoms with Gasteiger partial charge in [0.15, 0.2) is 0 Å². The van der Waals surface area contributed by atoms with Gasteiger partial charge in [-0.25, -0.2) is 0 Å². The number of aliphatic hydroxyl groups is 4. The number of benzene rings is 2. The number of carbonyl (C=O) groups is 1. The molecule has 3 aromatic rings. The van der Waals surface area contributed by atoms with Crippen LogP contribution in [0.25, 0.3) is 10.1 Å². The molecule has 1 aromatic heterocycles. The molecule has 5 atom stereocenters. The van der Waals surface area contributed by atoms with Gasteiger partial charge in [0.05, 0.1) is 6.61 Å². The average Bonchev–Trinajstić information content (AvgIpc) is 3.15. The summed E-state index contributed by atoms with van der Waals surface area (Å²) in [6, 6.07) is 15.7. The van der Waals surface area contributed by atoms with Gasteiger partial charge in [-0.05, 0) is 29.1 Å². The van der Waals surface area contributed by atoms with Crippen molar-refractivity contribution in [1.29, 1.82) is 0 Å². The van der Waals surface area contributed by atoms with Crippen LogP contribution in [-0.2, 0) is 16.0 Å². The van der Waals surface area contributed by atoms with Crippen molar-refractivity contribution in [2.75, 3.05) is 11.9 Å². The minimum Gasteiger partial charge on any atom is -0.394 e. The Kier molecular flexibility index (Phi) is 6.38. The standard InChI is InChI=1S/C23H25NO6S/c1-12(26)24-17-7-6-13(8-15-10-14-4-2-3-5-19(14)31-15)9-16(17)23-22(29)21(28)20(27)18(11-25)30-23/h2-7,9-10,18,20-23,25,27-29H,8,11H2,1H3,(H,24,26)/t18?,20-,21?,22-,23?/m1/s1. The number of fused-ring (bicyclic) bond motifs is 1. The molecule has 7 nitrogen and oxygen atoms in total. The molecule has 0 radical (unpaired) electrons. The van der Waals surface area contributed by atoms with Crippen LogP contribution in [0.15, 0.2) is 48.5 Å². The molecule has 0 saturated carbocycles. The Morgan fingerprint density at radius 1 is 1.06 bits per heavy atom. The fraction of sp³-hybridized carbons (Fsp3) is 0.348. The fourth-order valence-corrected chi connectivity index (χ4v) is 5.04. The Morgan fingerprint density at radius 2 is 1.84 bits per heavy atom. The van der Waals surface area contributed by atoms with Crippen molar-refractivity contribution < 1.29 is 30.0 Å². The predicted octanol–water partition coefficient (Wildman–Crippen LogP) is 1.97. The van der Waals surface area contributed by atoms with E-state index in [0.29, 0.717) is 17.7 Å². The van der Waals surface area contributed by atoms with Crippen molar-refractivity contribution in [2.24, 2.45) is 0 Å². The number of ether oxygens (including phenoxy) is 1. The highest BCUT2D eigenvalue weighted by Gasteiger charge is 2.44. The maximum absolute atomic E-state index is 11.7. The van der Waals surface area contributed by atoms with Gasteiger partial charge in [0.1, 0.15) is 30.5 Å². The molecule has 1 aliphatic heterocycles. The third-order valence-electron chi connectivity index (χ3n) is 5.48. The molecule has 5 N–H and O–H groups in total. The van der Waals surface area contributed by atoms with E-state index < -0.39 is 37.1 Å². The summed E-state index contributed by atoms with van der Waals surface area (Å²) in [6.07, 6.45) is -5.77. The van der Waals surface area contributed by atoms with Gasteiger partial charge in [0, 0.05) is 34.2 Å². The van der Waals surface area contributed by atoms with E-state index in [1.807, 2.05) is 24.3 Å². The Bertz CT molecular complexity index is 1050. The van der Waals surface area contributed by atoms with Gasteiger partial charge in [-0.15, -0.1) is 11.3 Å². The molecular weight excluding hydrogens is 418 g/mol.